The first-order valence-electron chi connectivity index (χ1n) is 7.68. The molecule has 2 N–H and O–H groups in total. The van der Waals surface area contributed by atoms with E-state index in [9.17, 15) is 13.8 Å². The molecular formula is C15H21FNO5P. The Labute approximate surface area is 134 Å². The molecule has 0 saturated carbocycles. The number of amides is 1. The number of nitrogens with zero attached hydrogens (tertiary/aromatic N) is 1. The molecule has 6 nitrogen and oxygen atoms in total. The number of fused-ring (bicyclic) bond motifs is 1. The van der Waals surface area contributed by atoms with E-state index in [-0.39, 0.29) is 11.3 Å². The van der Waals surface area contributed by atoms with Crippen molar-refractivity contribution in [1.82, 2.24) is 0 Å². The zero-order chi connectivity index (χ0) is 17.0. The number of carbonyl (C=O) groups is 1. The Kier molecular flexibility index (Phi) is 5.79. The van der Waals surface area contributed by atoms with Gasteiger partial charge in [-0.1, -0.05) is 38.7 Å². The Morgan fingerprint density at radius 1 is 1.26 bits per heavy atom. The van der Waals surface area contributed by atoms with Gasteiger partial charge in [0.25, 0.3) is 5.91 Å². The minimum Gasteiger partial charge on any atom is -0.404 e. The van der Waals surface area contributed by atoms with Crippen molar-refractivity contribution in [2.75, 3.05) is 11.4 Å². The van der Waals surface area contributed by atoms with Crippen LogP contribution >= 0.6 is 7.82 Å². The van der Waals surface area contributed by atoms with Crippen molar-refractivity contribution in [3.8, 4) is 5.75 Å². The lowest BCUT2D eigenvalue weighted by molar-refractivity contribution is -0.122. The summed E-state index contributed by atoms with van der Waals surface area (Å²) in [6.45, 7) is 2.49. The van der Waals surface area contributed by atoms with Gasteiger partial charge < -0.3 is 9.42 Å². The number of carbonyl (C=O) groups excluding carboxylic acids is 1. The molecule has 1 atom stereocenters. The van der Waals surface area contributed by atoms with Gasteiger partial charge in [-0.15, -0.1) is 0 Å². The molecule has 1 aliphatic rings. The van der Waals surface area contributed by atoms with E-state index >= 15 is 0 Å². The summed E-state index contributed by atoms with van der Waals surface area (Å²) in [5.74, 6) is -0.998. The number of phosphoric acid groups is 1. The Morgan fingerprint density at radius 3 is 2.61 bits per heavy atom. The smallest absolute Gasteiger partial charge is 0.404 e. The number of phosphoric ester groups is 1. The molecule has 0 spiro atoms. The van der Waals surface area contributed by atoms with E-state index in [0.29, 0.717) is 12.2 Å². The first kappa shape index (κ1) is 17.9. The third kappa shape index (κ3) is 4.31. The summed E-state index contributed by atoms with van der Waals surface area (Å²) in [5.41, 5.74) is 0.221. The Morgan fingerprint density at radius 2 is 1.96 bits per heavy atom. The van der Waals surface area contributed by atoms with Gasteiger partial charge in [0, 0.05) is 6.54 Å². The molecule has 1 unspecified atom stereocenters. The van der Waals surface area contributed by atoms with Crippen LogP contribution in [0.2, 0.25) is 0 Å². The number of hydrogen-bond donors (Lipinski definition) is 2. The van der Waals surface area contributed by atoms with Crippen LogP contribution in [0.1, 0.15) is 50.8 Å². The monoisotopic (exact) mass is 345 g/mol. The Bertz CT molecular complexity index is 618. The molecule has 1 amide bonds. The van der Waals surface area contributed by atoms with Crippen LogP contribution < -0.4 is 9.42 Å². The zero-order valence-corrected chi connectivity index (χ0v) is 13.8. The summed E-state index contributed by atoms with van der Waals surface area (Å²) in [6, 6.07) is 4.30. The fraction of sp³-hybridized carbons (Fsp3) is 0.533. The third-order valence-corrected chi connectivity index (χ3v) is 4.21. The second-order valence-electron chi connectivity index (χ2n) is 5.54. The second kappa shape index (κ2) is 7.43. The van der Waals surface area contributed by atoms with Crippen molar-refractivity contribution in [2.24, 2.45) is 0 Å². The maximum absolute atomic E-state index is 14.3. The van der Waals surface area contributed by atoms with Crippen LogP contribution in [0.15, 0.2) is 18.2 Å². The highest BCUT2D eigenvalue weighted by molar-refractivity contribution is 7.46. The number of alkyl halides is 1. The van der Waals surface area contributed by atoms with Crippen molar-refractivity contribution in [2.45, 2.75) is 45.2 Å². The molecule has 8 heteroatoms. The molecule has 0 saturated heterocycles. The Balaban J connectivity index is 2.16. The van der Waals surface area contributed by atoms with Crippen molar-refractivity contribution >= 4 is 19.4 Å². The number of unbranched alkanes of at least 4 members (excludes halogenated alkanes) is 4. The van der Waals surface area contributed by atoms with Crippen molar-refractivity contribution in [3.63, 3.8) is 0 Å². The highest BCUT2D eigenvalue weighted by Gasteiger charge is 2.40. The highest BCUT2D eigenvalue weighted by Crippen LogP contribution is 2.48. The average molecular weight is 345 g/mol. The van der Waals surface area contributed by atoms with Crippen LogP contribution in [0.5, 0.6) is 5.75 Å². The first-order chi connectivity index (χ1) is 10.8. The van der Waals surface area contributed by atoms with Crippen LogP contribution in [0.25, 0.3) is 0 Å². The molecule has 0 bridgehead atoms. The summed E-state index contributed by atoms with van der Waals surface area (Å²) in [6.07, 6.45) is 3.04. The van der Waals surface area contributed by atoms with Gasteiger partial charge in [0.05, 0.1) is 11.3 Å². The number of halogens is 1. The Hall–Kier alpha value is -1.43. The van der Waals surface area contributed by atoms with Crippen LogP contribution in [0.3, 0.4) is 0 Å². The van der Waals surface area contributed by atoms with Gasteiger partial charge in [-0.3, -0.25) is 14.6 Å². The topological polar surface area (TPSA) is 87.1 Å². The summed E-state index contributed by atoms with van der Waals surface area (Å²) in [5, 5.41) is 0. The molecule has 0 aromatic heterocycles. The van der Waals surface area contributed by atoms with Gasteiger partial charge in [0.15, 0.2) is 0 Å². The van der Waals surface area contributed by atoms with Crippen molar-refractivity contribution < 1.29 is 28.1 Å². The van der Waals surface area contributed by atoms with E-state index in [1.807, 2.05) is 0 Å². The predicted octanol–water partition coefficient (Wildman–Crippen LogP) is 3.49. The van der Waals surface area contributed by atoms with E-state index in [1.165, 1.54) is 17.0 Å². The second-order valence-corrected chi connectivity index (χ2v) is 6.70. The van der Waals surface area contributed by atoms with Gasteiger partial charge in [-0.05, 0) is 18.6 Å². The fourth-order valence-electron chi connectivity index (χ4n) is 2.71. The van der Waals surface area contributed by atoms with Gasteiger partial charge in [0.2, 0.25) is 6.17 Å². The lowest BCUT2D eigenvalue weighted by Crippen LogP contribution is -2.28. The summed E-state index contributed by atoms with van der Waals surface area (Å²) < 4.78 is 29.8. The van der Waals surface area contributed by atoms with Gasteiger partial charge in [-0.25, -0.2) is 8.96 Å². The van der Waals surface area contributed by atoms with Crippen molar-refractivity contribution in [1.29, 1.82) is 0 Å². The van der Waals surface area contributed by atoms with E-state index in [2.05, 4.69) is 11.4 Å². The van der Waals surface area contributed by atoms with Crippen molar-refractivity contribution in [3.05, 3.63) is 23.8 Å². The molecular weight excluding hydrogens is 324 g/mol. The number of rotatable bonds is 8. The summed E-state index contributed by atoms with van der Waals surface area (Å²) in [7, 11) is -4.82. The summed E-state index contributed by atoms with van der Waals surface area (Å²) >= 11 is 0. The predicted molar refractivity (Wildman–Crippen MR) is 84.1 cm³/mol. The minimum atomic E-state index is -4.82. The third-order valence-electron chi connectivity index (χ3n) is 3.77. The number of hydrogen-bond acceptors (Lipinski definition) is 3. The maximum atomic E-state index is 14.3. The molecule has 128 valence electrons. The molecule has 0 fully saturated rings. The van der Waals surface area contributed by atoms with E-state index < -0.39 is 19.9 Å². The molecule has 0 radical (unpaired) electrons. The van der Waals surface area contributed by atoms with Crippen LogP contribution in [-0.4, -0.2) is 22.2 Å². The lowest BCUT2D eigenvalue weighted by Gasteiger charge is -2.17. The average Bonchev–Trinajstić information content (AvgIpc) is 2.71. The molecule has 1 heterocycles. The molecule has 1 aromatic rings. The summed E-state index contributed by atoms with van der Waals surface area (Å²) in [4.78, 5) is 31.3. The molecule has 2 rings (SSSR count). The largest absolute Gasteiger partial charge is 0.524 e. The quantitative estimate of drug-likeness (QED) is 0.556. The standard InChI is InChI=1S/C15H21FNO5P/c1-2-3-4-5-6-10-17-11-8-7-9-12(22-23(19,20)21)13(11)14(16)15(17)18/h7-9,14H,2-6,10H2,1H3,(H2,19,20,21). The first-order valence-corrected chi connectivity index (χ1v) is 9.21. The van der Waals surface area contributed by atoms with Crippen LogP contribution in [0.4, 0.5) is 10.1 Å². The van der Waals surface area contributed by atoms with Gasteiger partial charge in [-0.2, -0.15) is 0 Å². The normalized spacial score (nSPS) is 17.5. The molecule has 1 aromatic carbocycles. The highest BCUT2D eigenvalue weighted by atomic mass is 31.2. The molecule has 0 aliphatic carbocycles. The van der Waals surface area contributed by atoms with E-state index in [4.69, 9.17) is 9.79 Å². The van der Waals surface area contributed by atoms with Gasteiger partial charge in [0.1, 0.15) is 5.75 Å². The van der Waals surface area contributed by atoms with Gasteiger partial charge >= 0.3 is 7.82 Å². The number of anilines is 1. The fourth-order valence-corrected chi connectivity index (χ4v) is 3.13. The SMILES string of the molecule is CCCCCCCN1C(=O)C(F)c2c(OP(=O)(O)O)cccc21. The molecule has 23 heavy (non-hydrogen) atoms. The zero-order valence-electron chi connectivity index (χ0n) is 12.9. The van der Waals surface area contributed by atoms with Crippen LogP contribution in [0, 0.1) is 0 Å². The number of benzene rings is 1. The lowest BCUT2D eigenvalue weighted by atomic mass is 10.1. The maximum Gasteiger partial charge on any atom is 0.524 e. The van der Waals surface area contributed by atoms with E-state index in [0.717, 1.165) is 32.1 Å². The molecule has 1 aliphatic heterocycles. The minimum absolute atomic E-state index is 0.102. The van der Waals surface area contributed by atoms with E-state index in [1.54, 1.807) is 6.07 Å². The van der Waals surface area contributed by atoms with Crippen LogP contribution in [-0.2, 0) is 9.36 Å².